The number of rotatable bonds is 11. The van der Waals surface area contributed by atoms with E-state index in [4.69, 9.17) is 9.47 Å². The first-order chi connectivity index (χ1) is 18.7. The number of benzene rings is 2. The molecular weight excluding hydrogens is 534 g/mol. The Morgan fingerprint density at radius 2 is 1.85 bits per heavy atom. The zero-order chi connectivity index (χ0) is 28.0. The molecule has 0 aliphatic carbocycles. The number of nitrogens with zero attached hydrogens (tertiary/aromatic N) is 3. The molecular formula is C26H30F2N4O6S. The predicted molar refractivity (Wildman–Crippen MR) is 138 cm³/mol. The van der Waals surface area contributed by atoms with Crippen molar-refractivity contribution >= 4 is 38.6 Å². The molecule has 39 heavy (non-hydrogen) atoms. The van der Waals surface area contributed by atoms with E-state index >= 15 is 0 Å². The molecule has 10 nitrogen and oxygen atoms in total. The third-order valence-electron chi connectivity index (χ3n) is 6.29. The number of para-hydroxylation sites is 1. The Morgan fingerprint density at radius 1 is 1.13 bits per heavy atom. The van der Waals surface area contributed by atoms with Gasteiger partial charge >= 0.3 is 5.97 Å². The first-order valence-corrected chi connectivity index (χ1v) is 14.1. The average molecular weight is 565 g/mol. The number of halogens is 2. The van der Waals surface area contributed by atoms with E-state index in [9.17, 15) is 26.8 Å². The molecule has 1 aromatic heterocycles. The van der Waals surface area contributed by atoms with E-state index in [0.717, 1.165) is 36.6 Å². The quantitative estimate of drug-likeness (QED) is 0.355. The van der Waals surface area contributed by atoms with Gasteiger partial charge in [0.15, 0.2) is 6.61 Å². The lowest BCUT2D eigenvalue weighted by molar-refractivity contribution is -0.147. The molecule has 0 bridgehead atoms. The number of hydrogen-bond acceptors (Lipinski definition) is 7. The number of aryl methyl sites for hydroxylation is 2. The molecule has 4 rings (SSSR count). The highest BCUT2D eigenvalue weighted by molar-refractivity contribution is 7.89. The van der Waals surface area contributed by atoms with Crippen LogP contribution in [0.25, 0.3) is 11.0 Å². The highest BCUT2D eigenvalue weighted by Crippen LogP contribution is 2.25. The number of aromatic nitrogens is 2. The topological polar surface area (TPSA) is 120 Å². The van der Waals surface area contributed by atoms with Crippen LogP contribution >= 0.6 is 0 Å². The zero-order valence-electron chi connectivity index (χ0n) is 21.5. The number of ether oxygens (including phenoxy) is 2. The van der Waals surface area contributed by atoms with Crippen molar-refractivity contribution in [1.29, 1.82) is 0 Å². The van der Waals surface area contributed by atoms with Gasteiger partial charge in [0.2, 0.25) is 10.0 Å². The van der Waals surface area contributed by atoms with Gasteiger partial charge in [0.25, 0.3) is 5.91 Å². The van der Waals surface area contributed by atoms with E-state index in [-0.39, 0.29) is 30.8 Å². The molecule has 1 N–H and O–H groups in total. The van der Waals surface area contributed by atoms with E-state index in [2.05, 4.69) is 10.3 Å². The van der Waals surface area contributed by atoms with Gasteiger partial charge < -0.3 is 19.4 Å². The smallest absolute Gasteiger partial charge is 0.306 e. The van der Waals surface area contributed by atoms with Crippen LogP contribution in [0, 0.1) is 11.6 Å². The van der Waals surface area contributed by atoms with Crippen LogP contribution < -0.4 is 5.32 Å². The van der Waals surface area contributed by atoms with E-state index in [0.29, 0.717) is 31.1 Å². The third kappa shape index (κ3) is 6.78. The highest BCUT2D eigenvalue weighted by Gasteiger charge is 2.27. The fourth-order valence-corrected chi connectivity index (χ4v) is 5.67. The summed E-state index contributed by atoms with van der Waals surface area (Å²) in [4.78, 5) is 29.1. The molecule has 1 aliphatic heterocycles. The lowest BCUT2D eigenvalue weighted by Gasteiger charge is -2.26. The van der Waals surface area contributed by atoms with Gasteiger partial charge in [0.1, 0.15) is 23.1 Å². The molecule has 0 radical (unpaired) electrons. The Labute approximate surface area is 224 Å². The molecule has 2 heterocycles. The SMILES string of the molecule is CCCCn1c(CCC(=O)OCC(=O)Nc2c(F)cccc2F)nc2cc(S(=O)(=O)N3CCOCC3)ccc21. The minimum atomic E-state index is -3.70. The van der Waals surface area contributed by atoms with E-state index in [1.807, 2.05) is 11.5 Å². The Kier molecular flexibility index (Phi) is 9.25. The Bertz CT molecular complexity index is 1430. The fraction of sp³-hybridized carbons (Fsp3) is 0.423. The largest absolute Gasteiger partial charge is 0.456 e. The summed E-state index contributed by atoms with van der Waals surface area (Å²) < 4.78 is 67.2. The van der Waals surface area contributed by atoms with Crippen molar-refractivity contribution in [2.75, 3.05) is 38.2 Å². The van der Waals surface area contributed by atoms with Crippen LogP contribution in [0.1, 0.15) is 32.0 Å². The number of esters is 1. The Balaban J connectivity index is 1.43. The normalized spacial score (nSPS) is 14.4. The summed E-state index contributed by atoms with van der Waals surface area (Å²) in [5, 5.41) is 2.06. The second kappa shape index (κ2) is 12.6. The molecule has 0 saturated carbocycles. The average Bonchev–Trinajstić information content (AvgIpc) is 3.28. The van der Waals surface area contributed by atoms with E-state index in [1.54, 1.807) is 12.1 Å². The number of amides is 1. The molecule has 1 saturated heterocycles. The Hall–Kier alpha value is -3.42. The summed E-state index contributed by atoms with van der Waals surface area (Å²) in [7, 11) is -3.70. The number of carbonyl (C=O) groups is 2. The van der Waals surface area contributed by atoms with Gasteiger partial charge in [0, 0.05) is 26.1 Å². The summed E-state index contributed by atoms with van der Waals surface area (Å²) in [6.07, 6.45) is 1.86. The summed E-state index contributed by atoms with van der Waals surface area (Å²) in [6, 6.07) is 7.98. The second-order valence-electron chi connectivity index (χ2n) is 9.01. The van der Waals surface area contributed by atoms with E-state index < -0.39 is 45.8 Å². The van der Waals surface area contributed by atoms with Crippen molar-refractivity contribution in [3.8, 4) is 0 Å². The maximum Gasteiger partial charge on any atom is 0.306 e. The number of carbonyl (C=O) groups excluding carboxylic acids is 2. The van der Waals surface area contributed by atoms with Gasteiger partial charge in [-0.05, 0) is 36.8 Å². The lowest BCUT2D eigenvalue weighted by Crippen LogP contribution is -2.40. The molecule has 3 aromatic rings. The van der Waals surface area contributed by atoms with Crippen molar-refractivity contribution in [1.82, 2.24) is 13.9 Å². The fourth-order valence-electron chi connectivity index (χ4n) is 4.24. The Morgan fingerprint density at radius 3 is 2.54 bits per heavy atom. The molecule has 2 aromatic carbocycles. The molecule has 1 amide bonds. The summed E-state index contributed by atoms with van der Waals surface area (Å²) >= 11 is 0. The van der Waals surface area contributed by atoms with Gasteiger partial charge in [-0.3, -0.25) is 9.59 Å². The monoisotopic (exact) mass is 564 g/mol. The lowest BCUT2D eigenvalue weighted by atomic mass is 10.2. The number of morpholine rings is 1. The van der Waals surface area contributed by atoms with Crippen LogP contribution in [-0.2, 0) is 42.1 Å². The minimum absolute atomic E-state index is 0.101. The minimum Gasteiger partial charge on any atom is -0.456 e. The first kappa shape index (κ1) is 28.6. The molecule has 13 heteroatoms. The number of unbranched alkanes of at least 4 members (excludes halogenated alkanes) is 1. The first-order valence-electron chi connectivity index (χ1n) is 12.7. The molecule has 0 atom stereocenters. The zero-order valence-corrected chi connectivity index (χ0v) is 22.3. The summed E-state index contributed by atoms with van der Waals surface area (Å²) in [5.41, 5.74) is 0.632. The van der Waals surface area contributed by atoms with Gasteiger partial charge in [-0.1, -0.05) is 19.4 Å². The maximum absolute atomic E-state index is 13.7. The standard InChI is InChI=1S/C26H30F2N4O6S/c1-2-3-11-32-22-8-7-18(39(35,36)31-12-14-37-15-13-31)16-21(22)29-23(32)9-10-25(34)38-17-24(33)30-26-19(27)5-4-6-20(26)28/h4-8,16H,2-3,9-15,17H2,1H3,(H,30,33). The number of hydrogen-bond donors (Lipinski definition) is 1. The summed E-state index contributed by atoms with van der Waals surface area (Å²) in [6.45, 7) is 3.22. The third-order valence-corrected chi connectivity index (χ3v) is 8.18. The van der Waals surface area contributed by atoms with Crippen molar-refractivity contribution in [2.24, 2.45) is 0 Å². The van der Waals surface area contributed by atoms with E-state index in [1.165, 1.54) is 10.4 Å². The van der Waals surface area contributed by atoms with Crippen molar-refractivity contribution < 1.29 is 36.3 Å². The number of nitrogens with one attached hydrogen (secondary N) is 1. The van der Waals surface area contributed by atoms with Crippen molar-refractivity contribution in [3.63, 3.8) is 0 Å². The van der Waals surface area contributed by atoms with Gasteiger partial charge in [-0.25, -0.2) is 22.2 Å². The van der Waals surface area contributed by atoms with Crippen molar-refractivity contribution in [2.45, 2.75) is 44.0 Å². The predicted octanol–water partition coefficient (Wildman–Crippen LogP) is 3.25. The van der Waals surface area contributed by atoms with Crippen LogP contribution in [0.15, 0.2) is 41.3 Å². The molecule has 1 fully saturated rings. The number of fused-ring (bicyclic) bond motifs is 1. The number of imidazole rings is 1. The molecule has 1 aliphatic rings. The molecule has 210 valence electrons. The summed E-state index contributed by atoms with van der Waals surface area (Å²) in [5.74, 6) is -2.88. The number of anilines is 1. The van der Waals surface area contributed by atoms with Crippen LogP contribution in [0.3, 0.4) is 0 Å². The highest BCUT2D eigenvalue weighted by atomic mass is 32.2. The second-order valence-corrected chi connectivity index (χ2v) is 10.9. The van der Waals surface area contributed by atoms with Gasteiger partial charge in [-0.2, -0.15) is 4.31 Å². The van der Waals surface area contributed by atoms with Crippen molar-refractivity contribution in [3.05, 3.63) is 53.9 Å². The number of sulfonamides is 1. The maximum atomic E-state index is 13.7. The van der Waals surface area contributed by atoms with Gasteiger partial charge in [-0.15, -0.1) is 0 Å². The molecule has 0 unspecified atom stereocenters. The molecule has 0 spiro atoms. The van der Waals surface area contributed by atoms with Gasteiger partial charge in [0.05, 0.1) is 35.6 Å². The van der Waals surface area contributed by atoms with Crippen LogP contribution in [0.4, 0.5) is 14.5 Å². The van der Waals surface area contributed by atoms with Crippen LogP contribution in [-0.4, -0.2) is 67.1 Å². The van der Waals surface area contributed by atoms with Crippen LogP contribution in [0.2, 0.25) is 0 Å². The van der Waals surface area contributed by atoms with Crippen LogP contribution in [0.5, 0.6) is 0 Å².